The van der Waals surface area contributed by atoms with Gasteiger partial charge in [0.25, 0.3) is 0 Å². The van der Waals surface area contributed by atoms with Crippen LogP contribution in [-0.4, -0.2) is 34.2 Å². The molecule has 0 amide bonds. The van der Waals surface area contributed by atoms with Crippen LogP contribution in [0.15, 0.2) is 25.3 Å². The van der Waals surface area contributed by atoms with Crippen molar-refractivity contribution < 1.29 is 29.3 Å². The summed E-state index contributed by atoms with van der Waals surface area (Å²) in [6.07, 6.45) is 1.70. The van der Waals surface area contributed by atoms with Crippen LogP contribution in [0, 0.1) is 0 Å². The summed E-state index contributed by atoms with van der Waals surface area (Å²) < 4.78 is 9.08. The van der Waals surface area contributed by atoms with Gasteiger partial charge in [-0.3, -0.25) is 0 Å². The van der Waals surface area contributed by atoms with E-state index in [0.717, 1.165) is 18.6 Å². The van der Waals surface area contributed by atoms with E-state index in [-0.39, 0.29) is 6.42 Å². The minimum Gasteiger partial charge on any atom is -0.449 e. The first-order valence-corrected chi connectivity index (χ1v) is 5.50. The Morgan fingerprint density at radius 2 is 1.83 bits per heavy atom. The van der Waals surface area contributed by atoms with Crippen molar-refractivity contribution >= 4 is 11.9 Å². The number of unbranched alkanes of at least 4 members (excludes halogenated alkanes) is 1. The van der Waals surface area contributed by atoms with Gasteiger partial charge < -0.3 is 19.7 Å². The zero-order valence-corrected chi connectivity index (χ0v) is 10.3. The van der Waals surface area contributed by atoms with Crippen molar-refractivity contribution in [1.29, 1.82) is 0 Å². The molecule has 0 rings (SSSR count). The summed E-state index contributed by atoms with van der Waals surface area (Å²) in [7, 11) is 0. The molecule has 0 fully saturated rings. The molecule has 0 aliphatic heterocycles. The Hall–Kier alpha value is -1.66. The van der Waals surface area contributed by atoms with E-state index in [0.29, 0.717) is 6.42 Å². The van der Waals surface area contributed by atoms with E-state index in [4.69, 9.17) is 4.74 Å². The van der Waals surface area contributed by atoms with Gasteiger partial charge in [0.05, 0.1) is 0 Å². The Kier molecular flexibility index (Phi) is 6.92. The van der Waals surface area contributed by atoms with Crippen LogP contribution in [0.3, 0.4) is 0 Å². The van der Waals surface area contributed by atoms with Gasteiger partial charge in [-0.1, -0.05) is 26.5 Å². The standard InChI is InChI=1S/C12H18O6/c1-4-7-8-9(17-10(13)5-2)12(15,16)18-11(14)6-3/h5-6,9,15-16H,2-4,7-8H2,1H3. The summed E-state index contributed by atoms with van der Waals surface area (Å²) in [6, 6.07) is 0. The summed E-state index contributed by atoms with van der Waals surface area (Å²) in [5, 5.41) is 19.2. The summed E-state index contributed by atoms with van der Waals surface area (Å²) in [5.74, 6) is -4.76. The molecule has 0 saturated carbocycles. The van der Waals surface area contributed by atoms with Crippen molar-refractivity contribution in [3.05, 3.63) is 25.3 Å². The zero-order valence-electron chi connectivity index (χ0n) is 10.3. The molecule has 1 atom stereocenters. The van der Waals surface area contributed by atoms with Crippen molar-refractivity contribution in [2.75, 3.05) is 0 Å². The topological polar surface area (TPSA) is 93.1 Å². The summed E-state index contributed by atoms with van der Waals surface area (Å²) in [5.41, 5.74) is 0. The average Bonchev–Trinajstić information content (AvgIpc) is 2.32. The first-order valence-electron chi connectivity index (χ1n) is 5.50. The third kappa shape index (κ3) is 5.60. The first-order chi connectivity index (χ1) is 8.37. The van der Waals surface area contributed by atoms with E-state index in [1.807, 2.05) is 6.92 Å². The minimum atomic E-state index is -2.89. The number of hydrogen-bond acceptors (Lipinski definition) is 6. The van der Waals surface area contributed by atoms with Gasteiger partial charge in [-0.05, 0) is 12.8 Å². The maximum atomic E-state index is 11.1. The maximum Gasteiger partial charge on any atom is 0.363 e. The van der Waals surface area contributed by atoms with Gasteiger partial charge in [0, 0.05) is 12.2 Å². The molecule has 0 saturated heterocycles. The molecule has 0 aromatic heterocycles. The number of esters is 2. The fourth-order valence-corrected chi connectivity index (χ4v) is 1.16. The molecule has 0 bridgehead atoms. The van der Waals surface area contributed by atoms with Crippen molar-refractivity contribution in [3.8, 4) is 0 Å². The quantitative estimate of drug-likeness (QED) is 0.377. The summed E-state index contributed by atoms with van der Waals surface area (Å²) in [4.78, 5) is 22.0. The second-order valence-corrected chi connectivity index (χ2v) is 3.56. The monoisotopic (exact) mass is 258 g/mol. The van der Waals surface area contributed by atoms with Crippen LogP contribution >= 0.6 is 0 Å². The molecule has 0 radical (unpaired) electrons. The van der Waals surface area contributed by atoms with Gasteiger partial charge in [-0.15, -0.1) is 0 Å². The molecule has 0 aromatic carbocycles. The van der Waals surface area contributed by atoms with Crippen LogP contribution in [0.1, 0.15) is 26.2 Å². The highest BCUT2D eigenvalue weighted by Crippen LogP contribution is 2.19. The van der Waals surface area contributed by atoms with Gasteiger partial charge in [0.1, 0.15) is 0 Å². The maximum absolute atomic E-state index is 11.1. The van der Waals surface area contributed by atoms with Gasteiger partial charge in [0.15, 0.2) is 6.10 Å². The van der Waals surface area contributed by atoms with Crippen molar-refractivity contribution in [2.45, 2.75) is 38.3 Å². The van der Waals surface area contributed by atoms with Crippen LogP contribution in [0.25, 0.3) is 0 Å². The predicted octanol–water partition coefficient (Wildman–Crippen LogP) is 0.642. The van der Waals surface area contributed by atoms with E-state index in [9.17, 15) is 19.8 Å². The second kappa shape index (κ2) is 7.62. The highest BCUT2D eigenvalue weighted by atomic mass is 16.8. The van der Waals surface area contributed by atoms with Gasteiger partial charge in [0.2, 0.25) is 0 Å². The van der Waals surface area contributed by atoms with Crippen LogP contribution in [-0.2, 0) is 19.1 Å². The largest absolute Gasteiger partial charge is 0.449 e. The Morgan fingerprint density at radius 3 is 2.28 bits per heavy atom. The summed E-state index contributed by atoms with van der Waals surface area (Å²) in [6.45, 7) is 8.19. The molecular weight excluding hydrogens is 240 g/mol. The number of ether oxygens (including phenoxy) is 2. The normalized spacial score (nSPS) is 12.4. The SMILES string of the molecule is C=CC(=O)OC(CCCC)C(O)(O)OC(=O)C=C. The molecule has 6 nitrogen and oxygen atoms in total. The Balaban J connectivity index is 4.78. The molecular formula is C12H18O6. The summed E-state index contributed by atoms with van der Waals surface area (Å²) >= 11 is 0. The van der Waals surface area contributed by atoms with Crippen LogP contribution in [0.2, 0.25) is 0 Å². The Bertz CT molecular complexity index is 321. The zero-order chi connectivity index (χ0) is 14.2. The molecule has 0 aliphatic rings. The fourth-order valence-electron chi connectivity index (χ4n) is 1.16. The molecule has 1 unspecified atom stereocenters. The second-order valence-electron chi connectivity index (χ2n) is 3.56. The molecule has 0 heterocycles. The van der Waals surface area contributed by atoms with E-state index >= 15 is 0 Å². The lowest BCUT2D eigenvalue weighted by Crippen LogP contribution is -2.48. The van der Waals surface area contributed by atoms with E-state index in [1.54, 1.807) is 0 Å². The number of rotatable bonds is 8. The number of aliphatic hydroxyl groups is 2. The van der Waals surface area contributed by atoms with Crippen molar-refractivity contribution in [1.82, 2.24) is 0 Å². The van der Waals surface area contributed by atoms with Crippen molar-refractivity contribution in [2.24, 2.45) is 0 Å². The highest BCUT2D eigenvalue weighted by Gasteiger charge is 2.41. The number of carbonyl (C=O) groups excluding carboxylic acids is 2. The number of carbonyl (C=O) groups is 2. The Labute approximate surface area is 106 Å². The van der Waals surface area contributed by atoms with Gasteiger partial charge in [-0.25, -0.2) is 9.59 Å². The van der Waals surface area contributed by atoms with Gasteiger partial charge >= 0.3 is 17.9 Å². The van der Waals surface area contributed by atoms with Crippen LogP contribution < -0.4 is 0 Å². The molecule has 6 heteroatoms. The highest BCUT2D eigenvalue weighted by molar-refractivity contribution is 5.82. The lowest BCUT2D eigenvalue weighted by atomic mass is 10.1. The predicted molar refractivity (Wildman–Crippen MR) is 63.1 cm³/mol. The lowest BCUT2D eigenvalue weighted by molar-refractivity contribution is -0.357. The third-order valence-corrected chi connectivity index (χ3v) is 2.08. The van der Waals surface area contributed by atoms with E-state index in [2.05, 4.69) is 17.9 Å². The molecule has 2 N–H and O–H groups in total. The third-order valence-electron chi connectivity index (χ3n) is 2.08. The minimum absolute atomic E-state index is 0.132. The number of hydrogen-bond donors (Lipinski definition) is 2. The first kappa shape index (κ1) is 16.3. The van der Waals surface area contributed by atoms with Crippen molar-refractivity contribution in [3.63, 3.8) is 0 Å². The van der Waals surface area contributed by atoms with E-state index < -0.39 is 24.0 Å². The smallest absolute Gasteiger partial charge is 0.363 e. The average molecular weight is 258 g/mol. The lowest BCUT2D eigenvalue weighted by Gasteiger charge is -2.29. The fraction of sp³-hybridized carbons (Fsp3) is 0.500. The molecule has 18 heavy (non-hydrogen) atoms. The van der Waals surface area contributed by atoms with Gasteiger partial charge in [-0.2, -0.15) is 0 Å². The van der Waals surface area contributed by atoms with Crippen LogP contribution in [0.4, 0.5) is 0 Å². The Morgan fingerprint density at radius 1 is 1.28 bits per heavy atom. The molecule has 0 aromatic rings. The molecule has 0 aliphatic carbocycles. The van der Waals surface area contributed by atoms with E-state index in [1.165, 1.54) is 0 Å². The molecule has 102 valence electrons. The van der Waals surface area contributed by atoms with Crippen LogP contribution in [0.5, 0.6) is 0 Å². The molecule has 0 spiro atoms.